The van der Waals surface area contributed by atoms with Gasteiger partial charge in [0, 0.05) is 5.56 Å². The number of hydrogen-bond donors (Lipinski definition) is 4. The molecule has 0 amide bonds. The molecule has 6 nitrogen and oxygen atoms in total. The van der Waals surface area contributed by atoms with Gasteiger partial charge in [0.05, 0.1) is 11.1 Å². The van der Waals surface area contributed by atoms with Crippen LogP contribution in [0, 0.1) is 6.92 Å². The van der Waals surface area contributed by atoms with Crippen LogP contribution in [-0.4, -0.2) is 32.4 Å². The second kappa shape index (κ2) is 10.9. The number of carboxylic acids is 2. The Balaban J connectivity index is 0.000000202. The van der Waals surface area contributed by atoms with Crippen LogP contribution in [0.3, 0.4) is 0 Å². The second-order valence-corrected chi connectivity index (χ2v) is 5.26. The molecule has 0 saturated carbocycles. The molecule has 0 aliphatic rings. The van der Waals surface area contributed by atoms with Gasteiger partial charge in [0.2, 0.25) is 0 Å². The molecule has 0 fully saturated rings. The highest BCUT2D eigenvalue weighted by Crippen LogP contribution is 2.23. The van der Waals surface area contributed by atoms with Gasteiger partial charge >= 0.3 is 11.9 Å². The molecule has 140 valence electrons. The van der Waals surface area contributed by atoms with Gasteiger partial charge in [-0.05, 0) is 43.3 Å². The van der Waals surface area contributed by atoms with E-state index in [0.717, 1.165) is 0 Å². The van der Waals surface area contributed by atoms with E-state index in [9.17, 15) is 9.59 Å². The van der Waals surface area contributed by atoms with Gasteiger partial charge in [0.15, 0.2) is 0 Å². The normalized spacial score (nSPS) is 9.07. The van der Waals surface area contributed by atoms with Gasteiger partial charge in [-0.15, -0.1) is 0 Å². The van der Waals surface area contributed by atoms with Gasteiger partial charge in [0.1, 0.15) is 11.5 Å². The summed E-state index contributed by atoms with van der Waals surface area (Å²) >= 11 is 0. The Labute approximate surface area is 156 Å². The number of phenolic OH excluding ortho intramolecular Hbond substituents is 2. The predicted octanol–water partition coefficient (Wildman–Crippen LogP) is 4.18. The molecule has 0 saturated heterocycles. The molecule has 0 heterocycles. The highest BCUT2D eigenvalue weighted by atomic mass is 16.4. The zero-order chi connectivity index (χ0) is 20.2. The largest absolute Gasteiger partial charge is 0.508 e. The lowest BCUT2D eigenvalue weighted by molar-refractivity contribution is 0.0686. The predicted molar refractivity (Wildman–Crippen MR) is 101 cm³/mol. The third-order valence-corrected chi connectivity index (χ3v) is 3.32. The van der Waals surface area contributed by atoms with Crippen molar-refractivity contribution in [2.24, 2.45) is 0 Å². The molecule has 4 N–H and O–H groups in total. The lowest BCUT2D eigenvalue weighted by Gasteiger charge is -1.98. The summed E-state index contributed by atoms with van der Waals surface area (Å²) in [5.74, 6) is -1.49. The number of phenols is 2. The molecular weight excluding hydrogens is 348 g/mol. The van der Waals surface area contributed by atoms with Crippen molar-refractivity contribution in [3.8, 4) is 11.5 Å². The maximum atomic E-state index is 10.2. The Bertz CT molecular complexity index is 791. The Hall–Kier alpha value is -3.80. The molecule has 27 heavy (non-hydrogen) atoms. The average Bonchev–Trinajstić information content (AvgIpc) is 2.68. The number of carboxylic acid groups (broad SMARTS) is 2. The summed E-state index contributed by atoms with van der Waals surface area (Å²) in [5.41, 5.74) is 1.19. The standard InChI is InChI=1S/C7H8O2.2C7H6O2/c1-5-6(8)3-2-4-7(5)9;2*8-7(9)6-4-2-1-3-5-6/h2-4,8-9H,1H3;2*1-5H,(H,8,9). The van der Waals surface area contributed by atoms with E-state index in [2.05, 4.69) is 0 Å². The lowest BCUT2D eigenvalue weighted by atomic mass is 10.2. The van der Waals surface area contributed by atoms with Crippen molar-refractivity contribution in [2.45, 2.75) is 6.92 Å². The minimum absolute atomic E-state index is 0.134. The van der Waals surface area contributed by atoms with Crippen molar-refractivity contribution in [3.05, 3.63) is 95.6 Å². The minimum atomic E-state index is -0.879. The summed E-state index contributed by atoms with van der Waals surface area (Å²) < 4.78 is 0. The second-order valence-electron chi connectivity index (χ2n) is 5.26. The monoisotopic (exact) mass is 368 g/mol. The molecule has 0 unspecified atom stereocenters. The van der Waals surface area contributed by atoms with Gasteiger partial charge in [-0.25, -0.2) is 9.59 Å². The van der Waals surface area contributed by atoms with E-state index in [0.29, 0.717) is 16.7 Å². The average molecular weight is 368 g/mol. The smallest absolute Gasteiger partial charge is 0.335 e. The number of benzene rings is 3. The summed E-state index contributed by atoms with van der Waals surface area (Å²) in [5, 5.41) is 34.6. The summed E-state index contributed by atoms with van der Waals surface area (Å²) in [6.45, 7) is 1.66. The van der Waals surface area contributed by atoms with E-state index in [1.165, 1.54) is 12.1 Å². The summed E-state index contributed by atoms with van der Waals surface area (Å²) in [7, 11) is 0. The van der Waals surface area contributed by atoms with Crippen LogP contribution in [0.2, 0.25) is 0 Å². The van der Waals surface area contributed by atoms with Crippen molar-refractivity contribution in [3.63, 3.8) is 0 Å². The molecule has 0 bridgehead atoms. The van der Waals surface area contributed by atoms with Crippen LogP contribution < -0.4 is 0 Å². The van der Waals surface area contributed by atoms with Crippen molar-refractivity contribution < 1.29 is 30.0 Å². The molecule has 0 aliphatic heterocycles. The first-order valence-corrected chi connectivity index (χ1v) is 7.87. The molecule has 3 aromatic carbocycles. The maximum absolute atomic E-state index is 10.2. The van der Waals surface area contributed by atoms with Gasteiger partial charge in [-0.1, -0.05) is 42.5 Å². The first-order chi connectivity index (χ1) is 12.8. The zero-order valence-electron chi connectivity index (χ0n) is 14.6. The van der Waals surface area contributed by atoms with Crippen molar-refractivity contribution in [2.75, 3.05) is 0 Å². The quantitative estimate of drug-likeness (QED) is 0.539. The van der Waals surface area contributed by atoms with E-state index in [4.69, 9.17) is 20.4 Å². The number of hydrogen-bond acceptors (Lipinski definition) is 4. The van der Waals surface area contributed by atoms with Crippen LogP contribution in [0.15, 0.2) is 78.9 Å². The number of carbonyl (C=O) groups is 2. The SMILES string of the molecule is Cc1c(O)cccc1O.O=C(O)c1ccccc1.O=C(O)c1ccccc1. The molecule has 0 radical (unpaired) electrons. The topological polar surface area (TPSA) is 115 Å². The van der Waals surface area contributed by atoms with E-state index < -0.39 is 11.9 Å². The highest BCUT2D eigenvalue weighted by molar-refractivity contribution is 5.87. The molecule has 0 aromatic heterocycles. The molecule has 3 rings (SSSR count). The first-order valence-electron chi connectivity index (χ1n) is 7.87. The van der Waals surface area contributed by atoms with E-state index in [1.54, 1.807) is 73.7 Å². The van der Waals surface area contributed by atoms with Gasteiger partial charge < -0.3 is 20.4 Å². The van der Waals surface area contributed by atoms with Gasteiger partial charge in [0.25, 0.3) is 0 Å². The van der Waals surface area contributed by atoms with Crippen LogP contribution in [0.4, 0.5) is 0 Å². The Kier molecular flexibility index (Phi) is 8.61. The van der Waals surface area contributed by atoms with Gasteiger partial charge in [-0.2, -0.15) is 0 Å². The summed E-state index contributed by atoms with van der Waals surface area (Å²) in [6, 6.07) is 21.3. The summed E-state index contributed by atoms with van der Waals surface area (Å²) in [4.78, 5) is 20.4. The van der Waals surface area contributed by atoms with Crippen LogP contribution in [0.25, 0.3) is 0 Å². The van der Waals surface area contributed by atoms with E-state index in [1.807, 2.05) is 0 Å². The Morgan fingerprint density at radius 1 is 0.593 bits per heavy atom. The van der Waals surface area contributed by atoms with E-state index in [-0.39, 0.29) is 11.5 Å². The third-order valence-electron chi connectivity index (χ3n) is 3.32. The molecule has 3 aromatic rings. The van der Waals surface area contributed by atoms with Gasteiger partial charge in [-0.3, -0.25) is 0 Å². The fourth-order valence-corrected chi connectivity index (χ4v) is 1.77. The van der Waals surface area contributed by atoms with Crippen LogP contribution in [-0.2, 0) is 0 Å². The number of aromatic carboxylic acids is 2. The van der Waals surface area contributed by atoms with Crippen LogP contribution in [0.5, 0.6) is 11.5 Å². The third kappa shape index (κ3) is 7.74. The van der Waals surface area contributed by atoms with Crippen molar-refractivity contribution in [1.29, 1.82) is 0 Å². The molecule has 0 spiro atoms. The van der Waals surface area contributed by atoms with Crippen LogP contribution in [0.1, 0.15) is 26.3 Å². The molecule has 0 aliphatic carbocycles. The Morgan fingerprint density at radius 3 is 1.15 bits per heavy atom. The highest BCUT2D eigenvalue weighted by Gasteiger charge is 1.98. The lowest BCUT2D eigenvalue weighted by Crippen LogP contribution is -1.93. The van der Waals surface area contributed by atoms with Crippen LogP contribution >= 0.6 is 0 Å². The molecule has 0 atom stereocenters. The summed E-state index contributed by atoms with van der Waals surface area (Å²) in [6.07, 6.45) is 0. The van der Waals surface area contributed by atoms with Crippen molar-refractivity contribution in [1.82, 2.24) is 0 Å². The molecule has 6 heteroatoms. The Morgan fingerprint density at radius 2 is 0.926 bits per heavy atom. The number of aromatic hydroxyl groups is 2. The van der Waals surface area contributed by atoms with Crippen molar-refractivity contribution >= 4 is 11.9 Å². The first kappa shape index (κ1) is 21.2. The number of rotatable bonds is 2. The fraction of sp³-hybridized carbons (Fsp3) is 0.0476. The fourth-order valence-electron chi connectivity index (χ4n) is 1.77. The minimum Gasteiger partial charge on any atom is -0.508 e. The van der Waals surface area contributed by atoms with E-state index >= 15 is 0 Å². The molecular formula is C21H20O6. The zero-order valence-corrected chi connectivity index (χ0v) is 14.6. The maximum Gasteiger partial charge on any atom is 0.335 e.